The highest BCUT2D eigenvalue weighted by atomic mass is 32.2. The van der Waals surface area contributed by atoms with E-state index < -0.39 is 10.0 Å². The first kappa shape index (κ1) is 18.7. The number of anilines is 2. The van der Waals surface area contributed by atoms with E-state index in [1.54, 1.807) is 30.3 Å². The summed E-state index contributed by atoms with van der Waals surface area (Å²) in [4.78, 5) is 9.43. The van der Waals surface area contributed by atoms with Crippen molar-refractivity contribution >= 4 is 32.4 Å². The van der Waals surface area contributed by atoms with Gasteiger partial charge in [-0.1, -0.05) is 42.0 Å². The van der Waals surface area contributed by atoms with Crippen LogP contribution in [0.25, 0.3) is 10.8 Å². The second kappa shape index (κ2) is 7.41. The fraction of sp³-hybridized carbons (Fsp3) is 0.286. The first-order chi connectivity index (χ1) is 13.4. The van der Waals surface area contributed by atoms with Crippen LogP contribution in [0, 0.1) is 6.92 Å². The molecule has 0 bridgehead atoms. The van der Waals surface area contributed by atoms with Gasteiger partial charge in [-0.3, -0.25) is 4.72 Å². The summed E-state index contributed by atoms with van der Waals surface area (Å²) in [5.74, 6) is 1.17. The molecule has 146 valence electrons. The topological polar surface area (TPSA) is 65.5 Å². The van der Waals surface area contributed by atoms with E-state index >= 15 is 0 Å². The number of rotatable bonds is 4. The number of hydrogen-bond acceptors (Lipinski definition) is 5. The summed E-state index contributed by atoms with van der Waals surface area (Å²) < 4.78 is 28.3. The van der Waals surface area contributed by atoms with Gasteiger partial charge in [0.2, 0.25) is 0 Å². The lowest BCUT2D eigenvalue weighted by Gasteiger charge is -2.34. The predicted octanol–water partition coefficient (Wildman–Crippen LogP) is 3.10. The highest BCUT2D eigenvalue weighted by Crippen LogP contribution is 2.29. The van der Waals surface area contributed by atoms with E-state index in [1.807, 2.05) is 31.2 Å². The van der Waals surface area contributed by atoms with Gasteiger partial charge >= 0.3 is 0 Å². The molecule has 0 amide bonds. The number of nitrogens with one attached hydrogen (secondary N) is 1. The van der Waals surface area contributed by atoms with Crippen molar-refractivity contribution in [2.45, 2.75) is 11.8 Å². The first-order valence-corrected chi connectivity index (χ1v) is 10.8. The van der Waals surface area contributed by atoms with E-state index in [9.17, 15) is 8.42 Å². The number of fused-ring (bicyclic) bond motifs is 1. The number of aryl methyl sites for hydroxylation is 1. The summed E-state index contributed by atoms with van der Waals surface area (Å²) in [5, 5.41) is 2.00. The fourth-order valence-electron chi connectivity index (χ4n) is 3.41. The lowest BCUT2D eigenvalue weighted by Crippen LogP contribution is -2.45. The quantitative estimate of drug-likeness (QED) is 0.734. The highest BCUT2D eigenvalue weighted by molar-refractivity contribution is 7.92. The molecule has 1 saturated heterocycles. The molecule has 1 aliphatic rings. The van der Waals surface area contributed by atoms with Crippen molar-refractivity contribution < 1.29 is 8.42 Å². The minimum Gasteiger partial charge on any atom is -0.353 e. The van der Waals surface area contributed by atoms with Crippen LogP contribution in [0.3, 0.4) is 0 Å². The van der Waals surface area contributed by atoms with Crippen LogP contribution in [0.4, 0.5) is 11.6 Å². The Kier molecular flexibility index (Phi) is 4.95. The fourth-order valence-corrected chi connectivity index (χ4v) is 4.40. The van der Waals surface area contributed by atoms with Gasteiger partial charge in [-0.25, -0.2) is 13.4 Å². The zero-order chi connectivity index (χ0) is 19.7. The number of likely N-dealkylation sites (N-methyl/N-ethyl adjacent to an activating group) is 1. The summed E-state index contributed by atoms with van der Waals surface area (Å²) in [6, 6.07) is 16.6. The average molecular weight is 397 g/mol. The Morgan fingerprint density at radius 1 is 0.964 bits per heavy atom. The van der Waals surface area contributed by atoms with Gasteiger partial charge in [0.15, 0.2) is 0 Å². The molecule has 0 radical (unpaired) electrons. The lowest BCUT2D eigenvalue weighted by molar-refractivity contribution is 0.312. The molecule has 1 aromatic heterocycles. The number of pyridine rings is 1. The Hall–Kier alpha value is -2.64. The predicted molar refractivity (Wildman–Crippen MR) is 113 cm³/mol. The van der Waals surface area contributed by atoms with Crippen LogP contribution >= 0.6 is 0 Å². The Morgan fingerprint density at radius 3 is 2.36 bits per heavy atom. The molecule has 6 nitrogen and oxygen atoms in total. The third kappa shape index (κ3) is 3.81. The van der Waals surface area contributed by atoms with E-state index in [0.29, 0.717) is 5.82 Å². The molecule has 0 saturated carbocycles. The molecule has 7 heteroatoms. The van der Waals surface area contributed by atoms with Crippen molar-refractivity contribution in [3.05, 3.63) is 60.2 Å². The molecule has 0 unspecified atom stereocenters. The normalized spacial score (nSPS) is 15.7. The standard InChI is InChI=1S/C21H24N4O2S/c1-16-7-9-18(10-8-16)28(26,27)23-20-15-17-5-3-4-6-19(17)21(22-20)25-13-11-24(2)12-14-25/h3-10,15H,11-14H2,1-2H3,(H,22,23). The molecule has 0 aliphatic carbocycles. The van der Waals surface area contributed by atoms with Gasteiger partial charge in [0.1, 0.15) is 11.6 Å². The van der Waals surface area contributed by atoms with Crippen LogP contribution in [-0.2, 0) is 10.0 Å². The van der Waals surface area contributed by atoms with Crippen molar-refractivity contribution in [3.63, 3.8) is 0 Å². The summed E-state index contributed by atoms with van der Waals surface area (Å²) >= 11 is 0. The molecule has 1 N–H and O–H groups in total. The van der Waals surface area contributed by atoms with Crippen LogP contribution in [-0.4, -0.2) is 51.5 Å². The van der Waals surface area contributed by atoms with Gasteiger partial charge in [-0.2, -0.15) is 0 Å². The Bertz CT molecular complexity index is 1090. The minimum atomic E-state index is -3.69. The molecule has 28 heavy (non-hydrogen) atoms. The Morgan fingerprint density at radius 2 is 1.64 bits per heavy atom. The lowest BCUT2D eigenvalue weighted by atomic mass is 10.1. The number of sulfonamides is 1. The average Bonchev–Trinajstić information content (AvgIpc) is 2.68. The van der Waals surface area contributed by atoms with E-state index in [4.69, 9.17) is 4.98 Å². The molecule has 4 rings (SSSR count). The summed E-state index contributed by atoms with van der Waals surface area (Å²) in [5.41, 5.74) is 1.01. The summed E-state index contributed by atoms with van der Waals surface area (Å²) in [6.07, 6.45) is 0. The summed E-state index contributed by atoms with van der Waals surface area (Å²) in [7, 11) is -1.59. The zero-order valence-electron chi connectivity index (χ0n) is 16.1. The zero-order valence-corrected chi connectivity index (χ0v) is 16.9. The number of nitrogens with zero attached hydrogens (tertiary/aromatic N) is 3. The third-order valence-electron chi connectivity index (χ3n) is 5.09. The van der Waals surface area contributed by atoms with Crippen LogP contribution in [0.1, 0.15) is 5.56 Å². The van der Waals surface area contributed by atoms with Gasteiger partial charge in [-0.05, 0) is 37.6 Å². The first-order valence-electron chi connectivity index (χ1n) is 9.35. The highest BCUT2D eigenvalue weighted by Gasteiger charge is 2.20. The SMILES string of the molecule is Cc1ccc(S(=O)(=O)Nc2cc3ccccc3c(N3CCN(C)CC3)n2)cc1. The minimum absolute atomic E-state index is 0.231. The maximum Gasteiger partial charge on any atom is 0.263 e. The van der Waals surface area contributed by atoms with Gasteiger partial charge in [-0.15, -0.1) is 0 Å². The Balaban J connectivity index is 1.72. The van der Waals surface area contributed by atoms with Gasteiger partial charge in [0, 0.05) is 31.6 Å². The van der Waals surface area contributed by atoms with Crippen molar-refractivity contribution in [2.75, 3.05) is 42.8 Å². The van der Waals surface area contributed by atoms with Crippen LogP contribution in [0.5, 0.6) is 0 Å². The van der Waals surface area contributed by atoms with Gasteiger partial charge in [0.25, 0.3) is 10.0 Å². The van der Waals surface area contributed by atoms with Gasteiger partial charge < -0.3 is 9.80 Å². The molecule has 1 aliphatic heterocycles. The van der Waals surface area contributed by atoms with Crippen LogP contribution < -0.4 is 9.62 Å². The van der Waals surface area contributed by atoms with Crippen molar-refractivity contribution in [2.24, 2.45) is 0 Å². The Labute approximate surface area is 165 Å². The number of aromatic nitrogens is 1. The smallest absolute Gasteiger partial charge is 0.263 e. The second-order valence-corrected chi connectivity index (χ2v) is 8.94. The number of piperazine rings is 1. The van der Waals surface area contributed by atoms with Gasteiger partial charge in [0.05, 0.1) is 4.90 Å². The van der Waals surface area contributed by atoms with E-state index in [-0.39, 0.29) is 4.90 Å². The molecule has 3 aromatic rings. The maximum atomic E-state index is 12.8. The molecular weight excluding hydrogens is 372 g/mol. The number of benzene rings is 2. The number of hydrogen-bond donors (Lipinski definition) is 1. The molecule has 2 heterocycles. The summed E-state index contributed by atoms with van der Waals surface area (Å²) in [6.45, 7) is 5.56. The third-order valence-corrected chi connectivity index (χ3v) is 6.46. The molecule has 0 atom stereocenters. The van der Waals surface area contributed by atoms with E-state index in [2.05, 4.69) is 21.6 Å². The molecule has 1 fully saturated rings. The van der Waals surface area contributed by atoms with E-state index in [1.165, 1.54) is 0 Å². The van der Waals surface area contributed by atoms with Crippen molar-refractivity contribution in [1.29, 1.82) is 0 Å². The molecule has 0 spiro atoms. The van der Waals surface area contributed by atoms with E-state index in [0.717, 1.165) is 48.3 Å². The van der Waals surface area contributed by atoms with Crippen LogP contribution in [0.15, 0.2) is 59.5 Å². The second-order valence-electron chi connectivity index (χ2n) is 7.26. The largest absolute Gasteiger partial charge is 0.353 e. The monoisotopic (exact) mass is 396 g/mol. The molecule has 2 aromatic carbocycles. The maximum absolute atomic E-state index is 12.8. The van der Waals surface area contributed by atoms with Crippen LogP contribution in [0.2, 0.25) is 0 Å². The van der Waals surface area contributed by atoms with Crippen molar-refractivity contribution in [3.8, 4) is 0 Å². The molecular formula is C21H24N4O2S. The van der Waals surface area contributed by atoms with Crippen molar-refractivity contribution in [1.82, 2.24) is 9.88 Å².